The van der Waals surface area contributed by atoms with Crippen molar-refractivity contribution in [3.05, 3.63) is 39.7 Å². The first kappa shape index (κ1) is 23.1. The van der Waals surface area contributed by atoms with Gasteiger partial charge in [0.1, 0.15) is 5.82 Å². The van der Waals surface area contributed by atoms with Crippen LogP contribution >= 0.6 is 48.8 Å². The molecule has 0 bridgehead atoms. The molecule has 3 aliphatic rings. The van der Waals surface area contributed by atoms with Crippen molar-refractivity contribution in [2.24, 2.45) is 0 Å². The summed E-state index contributed by atoms with van der Waals surface area (Å²) in [5, 5.41) is 0.127. The number of rotatable bonds is 2. The predicted molar refractivity (Wildman–Crippen MR) is 117 cm³/mol. The Kier molecular flexibility index (Phi) is 8.01. The second-order valence-electron chi connectivity index (χ2n) is 6.59. The quantitative estimate of drug-likeness (QED) is 0.345. The van der Waals surface area contributed by atoms with Gasteiger partial charge in [-0.05, 0) is 44.7 Å². The van der Waals surface area contributed by atoms with E-state index in [1.807, 2.05) is 0 Å². The summed E-state index contributed by atoms with van der Waals surface area (Å²) in [6.07, 6.45) is 2.84. The van der Waals surface area contributed by atoms with E-state index in [4.69, 9.17) is 21.1 Å². The minimum absolute atomic E-state index is 0.107. The average Bonchev–Trinajstić information content (AvgIpc) is 3.20. The summed E-state index contributed by atoms with van der Waals surface area (Å²) in [7, 11) is 0. The average molecular weight is 747 g/mol. The predicted octanol–water partition coefficient (Wildman–Crippen LogP) is 2.22. The Morgan fingerprint density at radius 1 is 1.11 bits per heavy atom. The van der Waals surface area contributed by atoms with E-state index >= 15 is 0 Å². The Morgan fingerprint density at radius 3 is 2.11 bits per heavy atom. The molecule has 154 valence electrons. The number of benzene rings is 1. The van der Waals surface area contributed by atoms with Crippen LogP contribution in [0.4, 0.5) is 10.1 Å². The van der Waals surface area contributed by atoms with Gasteiger partial charge in [0, 0.05) is 16.7 Å². The third-order valence-electron chi connectivity index (χ3n) is 5.00. The molecule has 0 aromatic heterocycles. The Balaban J connectivity index is 0.000000706. The van der Waals surface area contributed by atoms with Gasteiger partial charge in [-0.3, -0.25) is 9.59 Å². The molecule has 0 unspecified atom stereocenters. The van der Waals surface area contributed by atoms with Crippen molar-refractivity contribution in [2.45, 2.75) is 38.4 Å². The molecule has 0 radical (unpaired) electrons. The molecule has 0 saturated carbocycles. The van der Waals surface area contributed by atoms with Gasteiger partial charge >= 0.3 is 50.5 Å². The number of carbonyl (C=O) groups excluding carboxylic acids is 2. The van der Waals surface area contributed by atoms with Crippen LogP contribution in [0.5, 0.6) is 0 Å². The standard InChI is InChI=1S/C18H17ClFNO4.I3/c1-18(24-6-7-25-18)12-8-15(14(20)9-13(12)19)21-16(22)10-4-2-3-5-11(10)17(21)23;1-3-2/h8-9H,2-7H2,1H3;/q;-1. The number of ether oxygens (including phenoxy) is 2. The summed E-state index contributed by atoms with van der Waals surface area (Å²) in [6.45, 7) is 2.45. The van der Waals surface area contributed by atoms with Crippen LogP contribution < -0.4 is 18.2 Å². The summed E-state index contributed by atoms with van der Waals surface area (Å²) in [4.78, 5) is 26.3. The Bertz CT molecular complexity index is 814. The molecule has 1 aliphatic carbocycles. The molecule has 28 heavy (non-hydrogen) atoms. The molecule has 0 N–H and O–H groups in total. The first-order valence-electron chi connectivity index (χ1n) is 8.59. The number of imide groups is 1. The normalized spacial score (nSPS) is 21.1. The Labute approximate surface area is 197 Å². The molecule has 4 rings (SSSR count). The fourth-order valence-corrected chi connectivity index (χ4v) is 4.01. The second kappa shape index (κ2) is 9.71. The van der Waals surface area contributed by atoms with Crippen LogP contribution in [-0.2, 0) is 24.8 Å². The number of carbonyl (C=O) groups is 2. The third kappa shape index (κ3) is 4.39. The first-order valence-corrected chi connectivity index (χ1v) is 21.5. The number of hydrogen-bond donors (Lipinski definition) is 0. The monoisotopic (exact) mass is 746 g/mol. The van der Waals surface area contributed by atoms with Gasteiger partial charge in [-0.25, -0.2) is 9.29 Å². The van der Waals surface area contributed by atoms with Crippen molar-refractivity contribution < 1.29 is 36.7 Å². The van der Waals surface area contributed by atoms with Crippen LogP contribution in [0.25, 0.3) is 0 Å². The number of amides is 2. The molecule has 1 fully saturated rings. The van der Waals surface area contributed by atoms with Crippen LogP contribution in [0, 0.1) is 5.82 Å². The molecule has 5 nitrogen and oxygen atoms in total. The Morgan fingerprint density at radius 2 is 1.61 bits per heavy atom. The van der Waals surface area contributed by atoms with Crippen molar-refractivity contribution in [1.82, 2.24) is 0 Å². The first-order chi connectivity index (χ1) is 13.3. The van der Waals surface area contributed by atoms with Gasteiger partial charge < -0.3 is 9.47 Å². The fraction of sp³-hybridized carbons (Fsp3) is 0.444. The zero-order chi connectivity index (χ0) is 20.5. The molecule has 0 spiro atoms. The van der Waals surface area contributed by atoms with Gasteiger partial charge in [0.25, 0.3) is 11.8 Å². The van der Waals surface area contributed by atoms with Gasteiger partial charge in [-0.1, -0.05) is 11.6 Å². The molecule has 1 aromatic rings. The summed E-state index contributed by atoms with van der Waals surface area (Å²) in [5.74, 6) is -2.73. The van der Waals surface area contributed by atoms with Crippen LogP contribution in [0.3, 0.4) is 0 Å². The van der Waals surface area contributed by atoms with Gasteiger partial charge in [0.05, 0.1) is 23.9 Å². The topological polar surface area (TPSA) is 55.8 Å². The van der Waals surface area contributed by atoms with Crippen molar-refractivity contribution in [2.75, 3.05) is 18.1 Å². The molecule has 1 saturated heterocycles. The number of halogens is 5. The molecule has 2 aliphatic heterocycles. The van der Waals surface area contributed by atoms with Gasteiger partial charge in [0.2, 0.25) is 0 Å². The summed E-state index contributed by atoms with van der Waals surface area (Å²) in [6, 6.07) is 2.48. The van der Waals surface area contributed by atoms with Crippen molar-refractivity contribution in [1.29, 1.82) is 0 Å². The van der Waals surface area contributed by atoms with E-state index < -0.39 is 23.4 Å². The number of anilines is 1. The van der Waals surface area contributed by atoms with Crippen LogP contribution in [0.1, 0.15) is 38.2 Å². The number of nitrogens with zero attached hydrogens (tertiary/aromatic N) is 1. The summed E-state index contributed by atoms with van der Waals surface area (Å²) < 4.78 is 25.8. The van der Waals surface area contributed by atoms with Crippen molar-refractivity contribution >= 4 is 66.3 Å². The fourth-order valence-electron chi connectivity index (χ4n) is 3.69. The summed E-state index contributed by atoms with van der Waals surface area (Å²) >= 11 is 11.5. The molecular weight excluding hydrogens is 729 g/mol. The van der Waals surface area contributed by atoms with Crippen LogP contribution in [0.15, 0.2) is 23.3 Å². The van der Waals surface area contributed by atoms with Crippen LogP contribution in [-0.4, -0.2) is 25.0 Å². The van der Waals surface area contributed by atoms with Gasteiger partial charge in [-0.15, -0.1) is 0 Å². The molecule has 0 atom stereocenters. The van der Waals surface area contributed by atoms with E-state index in [0.29, 0.717) is 56.0 Å². The van der Waals surface area contributed by atoms with Crippen LogP contribution in [0.2, 0.25) is 5.02 Å². The van der Waals surface area contributed by atoms with Gasteiger partial charge in [-0.2, -0.15) is 0 Å². The van der Waals surface area contributed by atoms with E-state index in [1.54, 1.807) is 6.92 Å². The maximum absolute atomic E-state index is 14.6. The van der Waals surface area contributed by atoms with E-state index in [1.165, 1.54) is 6.07 Å². The Hall–Kier alpha value is 0.430. The van der Waals surface area contributed by atoms with Crippen molar-refractivity contribution in [3.63, 3.8) is 0 Å². The minimum atomic E-state index is -1.13. The molecular formula is C18H17ClFI3NO4-. The van der Waals surface area contributed by atoms with E-state index in [2.05, 4.69) is 37.2 Å². The zero-order valence-corrected chi connectivity index (χ0v) is 22.1. The van der Waals surface area contributed by atoms with E-state index in [-0.39, 0.29) is 10.7 Å². The number of hydrogen-bond acceptors (Lipinski definition) is 4. The molecule has 2 amide bonds. The maximum atomic E-state index is 14.6. The van der Waals surface area contributed by atoms with Crippen molar-refractivity contribution in [3.8, 4) is 0 Å². The van der Waals surface area contributed by atoms with E-state index in [9.17, 15) is 14.0 Å². The summed E-state index contributed by atoms with van der Waals surface area (Å²) in [5.41, 5.74) is 1.30. The SMILES string of the molecule is CC1(c2cc(N3C(=O)C4=C(CCCC4)C3=O)c(F)cc2Cl)OCCO1.I[I-]I. The second-order valence-corrected chi connectivity index (χ2v) is 23.2. The molecule has 1 aromatic carbocycles. The molecule has 10 heteroatoms. The third-order valence-corrected chi connectivity index (χ3v) is 5.31. The zero-order valence-electron chi connectivity index (χ0n) is 14.9. The van der Waals surface area contributed by atoms with E-state index in [0.717, 1.165) is 23.8 Å². The van der Waals surface area contributed by atoms with Gasteiger partial charge in [0.15, 0.2) is 5.79 Å². The molecule has 2 heterocycles.